The molecule has 132 valence electrons. The van der Waals surface area contributed by atoms with Crippen molar-refractivity contribution in [2.45, 2.75) is 33.4 Å². The molecule has 0 fully saturated rings. The molecule has 0 radical (unpaired) electrons. The number of nitrogens with zero attached hydrogens (tertiary/aromatic N) is 4. The van der Waals surface area contributed by atoms with Crippen molar-refractivity contribution in [3.8, 4) is 6.07 Å². The van der Waals surface area contributed by atoms with Gasteiger partial charge in [0, 0.05) is 18.5 Å². The molecule has 2 rings (SSSR count). The van der Waals surface area contributed by atoms with Gasteiger partial charge in [-0.25, -0.2) is 0 Å². The Morgan fingerprint density at radius 2 is 2.32 bits per heavy atom. The number of nitriles is 1. The van der Waals surface area contributed by atoms with Crippen molar-refractivity contribution < 1.29 is 9.53 Å². The van der Waals surface area contributed by atoms with Crippen LogP contribution in [0.2, 0.25) is 0 Å². The number of aromatic amines is 1. The Kier molecular flexibility index (Phi) is 6.08. The maximum absolute atomic E-state index is 12.2. The van der Waals surface area contributed by atoms with Gasteiger partial charge in [-0.1, -0.05) is 0 Å². The molecule has 8 nitrogen and oxygen atoms in total. The molecule has 0 aliphatic carbocycles. The molecular weight excluding hydrogens is 320 g/mol. The second-order valence-corrected chi connectivity index (χ2v) is 5.81. The van der Waals surface area contributed by atoms with Crippen LogP contribution in [0.1, 0.15) is 35.6 Å². The Bertz CT molecular complexity index is 798. The van der Waals surface area contributed by atoms with Crippen molar-refractivity contribution >= 4 is 12.0 Å². The lowest BCUT2D eigenvalue weighted by atomic mass is 10.1. The lowest BCUT2D eigenvalue weighted by Gasteiger charge is -2.17. The van der Waals surface area contributed by atoms with Gasteiger partial charge in [0.2, 0.25) is 0 Å². The van der Waals surface area contributed by atoms with Gasteiger partial charge in [0.25, 0.3) is 5.91 Å². The van der Waals surface area contributed by atoms with Crippen LogP contribution in [0.15, 0.2) is 17.8 Å². The van der Waals surface area contributed by atoms with E-state index < -0.39 is 5.91 Å². The molecule has 2 N–H and O–H groups in total. The van der Waals surface area contributed by atoms with Gasteiger partial charge in [-0.3, -0.25) is 4.79 Å². The lowest BCUT2D eigenvalue weighted by molar-refractivity contribution is -0.117. The lowest BCUT2D eigenvalue weighted by Crippen LogP contribution is -2.24. The normalized spacial score (nSPS) is 12.7. The molecule has 0 aliphatic heterocycles. The molecule has 0 aliphatic rings. The van der Waals surface area contributed by atoms with Crippen LogP contribution in [0.5, 0.6) is 0 Å². The molecule has 25 heavy (non-hydrogen) atoms. The van der Waals surface area contributed by atoms with Crippen LogP contribution in [0.3, 0.4) is 0 Å². The van der Waals surface area contributed by atoms with Crippen molar-refractivity contribution in [1.29, 1.82) is 5.26 Å². The zero-order valence-corrected chi connectivity index (χ0v) is 14.8. The molecule has 0 spiro atoms. The molecule has 2 aromatic rings. The molecule has 2 aromatic heterocycles. The van der Waals surface area contributed by atoms with Gasteiger partial charge in [0.1, 0.15) is 17.3 Å². The minimum atomic E-state index is -0.444. The second-order valence-electron chi connectivity index (χ2n) is 5.81. The van der Waals surface area contributed by atoms with Crippen molar-refractivity contribution in [3.63, 3.8) is 0 Å². The number of rotatable bonds is 7. The van der Waals surface area contributed by atoms with Crippen LogP contribution < -0.4 is 5.32 Å². The predicted octanol–water partition coefficient (Wildman–Crippen LogP) is 1.65. The van der Waals surface area contributed by atoms with Gasteiger partial charge >= 0.3 is 0 Å². The minimum absolute atomic E-state index is 0.0446. The Morgan fingerprint density at radius 1 is 1.56 bits per heavy atom. The molecule has 2 heterocycles. The monoisotopic (exact) mass is 342 g/mol. The number of amides is 1. The summed E-state index contributed by atoms with van der Waals surface area (Å²) in [5.74, 6) is -0.444. The highest BCUT2D eigenvalue weighted by Crippen LogP contribution is 2.22. The van der Waals surface area contributed by atoms with E-state index in [0.717, 1.165) is 17.0 Å². The molecule has 0 aromatic carbocycles. The zero-order chi connectivity index (χ0) is 18.4. The van der Waals surface area contributed by atoms with E-state index in [0.29, 0.717) is 12.3 Å². The first-order valence-electron chi connectivity index (χ1n) is 7.90. The van der Waals surface area contributed by atoms with Crippen LogP contribution in [0, 0.1) is 25.2 Å². The highest BCUT2D eigenvalue weighted by Gasteiger charge is 2.15. The summed E-state index contributed by atoms with van der Waals surface area (Å²) in [7, 11) is 1.67. The van der Waals surface area contributed by atoms with Gasteiger partial charge in [0.15, 0.2) is 0 Å². The SMILES string of the molecule is COCC(C)n1c(C)cc(/C=C(/C#N)C(=O)NCc2cn[nH]n2)c1C. The van der Waals surface area contributed by atoms with E-state index in [1.165, 1.54) is 6.20 Å². The third kappa shape index (κ3) is 4.33. The average Bonchev–Trinajstić information content (AvgIpc) is 3.18. The summed E-state index contributed by atoms with van der Waals surface area (Å²) in [6.45, 7) is 6.81. The molecule has 0 bridgehead atoms. The number of hydrogen-bond acceptors (Lipinski definition) is 5. The largest absolute Gasteiger partial charge is 0.383 e. The molecule has 1 amide bonds. The highest BCUT2D eigenvalue weighted by atomic mass is 16.5. The molecule has 0 saturated heterocycles. The summed E-state index contributed by atoms with van der Waals surface area (Å²) < 4.78 is 7.36. The van der Waals surface area contributed by atoms with Crippen LogP contribution in [0.4, 0.5) is 0 Å². The van der Waals surface area contributed by atoms with Crippen LogP contribution in [0.25, 0.3) is 6.08 Å². The fourth-order valence-electron chi connectivity index (χ4n) is 2.82. The zero-order valence-electron chi connectivity index (χ0n) is 14.8. The van der Waals surface area contributed by atoms with E-state index in [9.17, 15) is 10.1 Å². The molecule has 1 unspecified atom stereocenters. The number of methoxy groups -OCH3 is 1. The van der Waals surface area contributed by atoms with Crippen LogP contribution in [-0.4, -0.2) is 39.6 Å². The Morgan fingerprint density at radius 3 is 2.92 bits per heavy atom. The summed E-state index contributed by atoms with van der Waals surface area (Å²) in [5, 5.41) is 22.0. The van der Waals surface area contributed by atoms with Gasteiger partial charge in [0.05, 0.1) is 25.4 Å². The first-order chi connectivity index (χ1) is 12.0. The summed E-state index contributed by atoms with van der Waals surface area (Å²) in [6.07, 6.45) is 3.12. The predicted molar refractivity (Wildman–Crippen MR) is 92.3 cm³/mol. The summed E-state index contributed by atoms with van der Waals surface area (Å²) in [4.78, 5) is 12.2. The number of H-pyrrole nitrogens is 1. The van der Waals surface area contributed by atoms with E-state index in [1.807, 2.05) is 26.0 Å². The van der Waals surface area contributed by atoms with Gasteiger partial charge < -0.3 is 14.6 Å². The minimum Gasteiger partial charge on any atom is -0.383 e. The molecule has 1 atom stereocenters. The van der Waals surface area contributed by atoms with Gasteiger partial charge in [-0.15, -0.1) is 0 Å². The maximum atomic E-state index is 12.2. The number of aromatic nitrogens is 4. The average molecular weight is 342 g/mol. The van der Waals surface area contributed by atoms with Gasteiger partial charge in [-0.05, 0) is 38.5 Å². The quantitative estimate of drug-likeness (QED) is 0.587. The van der Waals surface area contributed by atoms with Crippen molar-refractivity contribution in [2.75, 3.05) is 13.7 Å². The Labute approximate surface area is 146 Å². The third-order valence-electron chi connectivity index (χ3n) is 3.93. The van der Waals surface area contributed by atoms with Crippen LogP contribution >= 0.6 is 0 Å². The topological polar surface area (TPSA) is 109 Å². The summed E-state index contributed by atoms with van der Waals surface area (Å²) in [5.41, 5.74) is 3.52. The number of aryl methyl sites for hydroxylation is 1. The van der Waals surface area contributed by atoms with E-state index in [4.69, 9.17) is 4.74 Å². The molecule has 0 saturated carbocycles. The number of carbonyl (C=O) groups excluding carboxylic acids is 1. The first kappa shape index (κ1) is 18.4. The van der Waals surface area contributed by atoms with Crippen molar-refractivity contribution in [2.24, 2.45) is 0 Å². The fraction of sp³-hybridized carbons (Fsp3) is 0.412. The third-order valence-corrected chi connectivity index (χ3v) is 3.93. The van der Waals surface area contributed by atoms with Crippen LogP contribution in [-0.2, 0) is 16.1 Å². The standard InChI is InChI=1S/C17H22N6O2/c1-11-5-14(13(3)23(11)12(2)10-25-4)6-15(7-18)17(24)19-8-16-9-20-22-21-16/h5-6,9,12H,8,10H2,1-4H3,(H,19,24)(H,20,21,22)/b15-6-. The molecule has 8 heteroatoms. The Hall–Kier alpha value is -2.92. The number of carbonyl (C=O) groups is 1. The first-order valence-corrected chi connectivity index (χ1v) is 7.90. The number of ether oxygens (including phenoxy) is 1. The smallest absolute Gasteiger partial charge is 0.262 e. The molecular formula is C17H22N6O2. The Balaban J connectivity index is 2.20. The van der Waals surface area contributed by atoms with Crippen molar-refractivity contribution in [3.05, 3.63) is 40.5 Å². The summed E-state index contributed by atoms with van der Waals surface area (Å²) >= 11 is 0. The van der Waals surface area contributed by atoms with E-state index in [2.05, 4.69) is 32.2 Å². The number of hydrogen-bond donors (Lipinski definition) is 2. The maximum Gasteiger partial charge on any atom is 0.262 e. The van der Waals surface area contributed by atoms with E-state index in [-0.39, 0.29) is 18.2 Å². The number of nitrogens with one attached hydrogen (secondary N) is 2. The van der Waals surface area contributed by atoms with E-state index >= 15 is 0 Å². The fourth-order valence-corrected chi connectivity index (χ4v) is 2.82. The highest BCUT2D eigenvalue weighted by molar-refractivity contribution is 6.01. The second kappa shape index (κ2) is 8.26. The van der Waals surface area contributed by atoms with Crippen molar-refractivity contribution in [1.82, 2.24) is 25.3 Å². The van der Waals surface area contributed by atoms with E-state index in [1.54, 1.807) is 13.2 Å². The van der Waals surface area contributed by atoms with Gasteiger partial charge in [-0.2, -0.15) is 20.7 Å². The summed E-state index contributed by atoms with van der Waals surface area (Å²) in [6, 6.07) is 4.09.